The van der Waals surface area contributed by atoms with Crippen LogP contribution in [0.3, 0.4) is 0 Å². The monoisotopic (exact) mass is 446 g/mol. The number of carbonyl (C=O) groups excluding carboxylic acids is 1. The number of rotatable bonds is 9. The summed E-state index contributed by atoms with van der Waals surface area (Å²) in [7, 11) is 1.70. The van der Waals surface area contributed by atoms with Gasteiger partial charge in [-0.15, -0.1) is 11.3 Å². The number of halogens is 1. The van der Waals surface area contributed by atoms with Crippen LogP contribution in [0.4, 0.5) is 0 Å². The minimum absolute atomic E-state index is 0.0447. The summed E-state index contributed by atoms with van der Waals surface area (Å²) >= 11 is 7.53. The molecule has 2 aromatic heterocycles. The molecule has 0 aliphatic heterocycles. The highest BCUT2D eigenvalue weighted by molar-refractivity contribution is 7.12. The molecule has 0 radical (unpaired) electrons. The van der Waals surface area contributed by atoms with Crippen molar-refractivity contribution >= 4 is 39.7 Å². The Morgan fingerprint density at radius 3 is 2.73 bits per heavy atom. The molecule has 0 fully saturated rings. The molecule has 160 valence electrons. The molecule has 30 heavy (non-hydrogen) atoms. The average Bonchev–Trinajstić information content (AvgIpc) is 3.27. The first-order chi connectivity index (χ1) is 14.4. The van der Waals surface area contributed by atoms with Crippen LogP contribution in [0.15, 0.2) is 40.5 Å². The summed E-state index contributed by atoms with van der Waals surface area (Å²) in [5.41, 5.74) is 5.97. The highest BCUT2D eigenvalue weighted by atomic mass is 35.5. The van der Waals surface area contributed by atoms with Crippen LogP contribution < -0.4 is 11.3 Å². The zero-order valence-corrected chi connectivity index (χ0v) is 18.9. The molecule has 2 N–H and O–H groups in total. The predicted molar refractivity (Wildman–Crippen MR) is 123 cm³/mol. The van der Waals surface area contributed by atoms with Gasteiger partial charge in [0.1, 0.15) is 5.82 Å². The van der Waals surface area contributed by atoms with Crippen molar-refractivity contribution in [2.75, 3.05) is 13.1 Å². The Bertz CT molecular complexity index is 1060. The third-order valence-electron chi connectivity index (χ3n) is 5.26. The molecule has 0 aliphatic carbocycles. The van der Waals surface area contributed by atoms with E-state index in [9.17, 15) is 9.59 Å². The van der Waals surface area contributed by atoms with Crippen LogP contribution >= 0.6 is 22.9 Å². The molecule has 0 bridgehead atoms. The van der Waals surface area contributed by atoms with E-state index in [1.165, 1.54) is 15.9 Å². The van der Waals surface area contributed by atoms with Crippen molar-refractivity contribution < 1.29 is 4.79 Å². The molecule has 1 aromatic carbocycles. The normalized spacial score (nSPS) is 12.3. The quantitative estimate of drug-likeness (QED) is 0.495. The number of thiophene rings is 1. The number of nitrogens with two attached hydrogens (primary N) is 1. The molecule has 1 amide bonds. The van der Waals surface area contributed by atoms with E-state index in [1.54, 1.807) is 25.2 Å². The molecule has 8 heteroatoms. The highest BCUT2D eigenvalue weighted by Crippen LogP contribution is 2.25. The van der Waals surface area contributed by atoms with Crippen molar-refractivity contribution in [1.29, 1.82) is 0 Å². The van der Waals surface area contributed by atoms with Gasteiger partial charge < -0.3 is 10.6 Å². The van der Waals surface area contributed by atoms with Gasteiger partial charge in [0.25, 0.3) is 11.5 Å². The van der Waals surface area contributed by atoms with E-state index in [2.05, 4.69) is 0 Å². The van der Waals surface area contributed by atoms with Crippen molar-refractivity contribution in [3.63, 3.8) is 0 Å². The molecule has 1 unspecified atom stereocenters. The lowest BCUT2D eigenvalue weighted by molar-refractivity contribution is 0.0681. The van der Waals surface area contributed by atoms with Gasteiger partial charge in [-0.2, -0.15) is 0 Å². The third kappa shape index (κ3) is 4.91. The number of fused-ring (bicyclic) bond motifs is 1. The largest absolute Gasteiger partial charge is 0.330 e. The zero-order chi connectivity index (χ0) is 21.7. The van der Waals surface area contributed by atoms with Crippen LogP contribution in [0, 0.1) is 0 Å². The Morgan fingerprint density at radius 2 is 2.03 bits per heavy atom. The number of hydrogen-bond donors (Lipinski definition) is 1. The van der Waals surface area contributed by atoms with Gasteiger partial charge in [-0.1, -0.05) is 30.5 Å². The van der Waals surface area contributed by atoms with E-state index < -0.39 is 0 Å². The number of unbranched alkanes of at least 4 members (excludes halogenated alkanes) is 3. The van der Waals surface area contributed by atoms with Crippen LogP contribution in [0.1, 0.15) is 54.1 Å². The van der Waals surface area contributed by atoms with Gasteiger partial charge in [0.15, 0.2) is 0 Å². The molecular weight excluding hydrogens is 420 g/mol. The number of nitrogens with zero attached hydrogens (tertiary/aromatic N) is 3. The summed E-state index contributed by atoms with van der Waals surface area (Å²) in [6, 6.07) is 8.39. The van der Waals surface area contributed by atoms with Gasteiger partial charge in [-0.25, -0.2) is 4.98 Å². The standard InChI is InChI=1S/C22H27ClN4O2S/c1-15(20-25-18-14-16(23)9-10-17(18)21(28)26(20)2)27(12-6-4-3-5-11-24)22(29)19-8-7-13-30-19/h7-10,13-15H,3-6,11-12,24H2,1-2H3. The second-order valence-corrected chi connectivity index (χ2v) is 8.73. The zero-order valence-electron chi connectivity index (χ0n) is 17.3. The predicted octanol–water partition coefficient (Wildman–Crippen LogP) is 4.37. The van der Waals surface area contributed by atoms with E-state index in [1.807, 2.05) is 29.3 Å². The SMILES string of the molecule is CC(c1nc2cc(Cl)ccc2c(=O)n1C)N(CCCCCCN)C(=O)c1cccs1. The first-order valence-electron chi connectivity index (χ1n) is 10.1. The number of amides is 1. The summed E-state index contributed by atoms with van der Waals surface area (Å²) in [6.07, 6.45) is 3.89. The lowest BCUT2D eigenvalue weighted by Crippen LogP contribution is -2.37. The third-order valence-corrected chi connectivity index (χ3v) is 6.35. The fourth-order valence-corrected chi connectivity index (χ4v) is 4.41. The van der Waals surface area contributed by atoms with Gasteiger partial charge in [0.05, 0.1) is 21.8 Å². The van der Waals surface area contributed by atoms with Crippen molar-refractivity contribution in [2.24, 2.45) is 12.8 Å². The van der Waals surface area contributed by atoms with Crippen molar-refractivity contribution in [2.45, 2.75) is 38.6 Å². The summed E-state index contributed by atoms with van der Waals surface area (Å²) in [4.78, 5) is 33.3. The number of carbonyl (C=O) groups is 1. The molecule has 6 nitrogen and oxygen atoms in total. The van der Waals surface area contributed by atoms with Crippen LogP contribution in [0.2, 0.25) is 5.02 Å². The van der Waals surface area contributed by atoms with Crippen molar-refractivity contribution in [1.82, 2.24) is 14.5 Å². The Balaban J connectivity index is 1.95. The highest BCUT2D eigenvalue weighted by Gasteiger charge is 2.26. The summed E-state index contributed by atoms with van der Waals surface area (Å²) in [6.45, 7) is 3.19. The summed E-state index contributed by atoms with van der Waals surface area (Å²) in [5.74, 6) is 0.499. The minimum atomic E-state index is -0.366. The first-order valence-corrected chi connectivity index (χ1v) is 11.4. The van der Waals surface area contributed by atoms with E-state index in [4.69, 9.17) is 22.3 Å². The second-order valence-electron chi connectivity index (χ2n) is 7.35. The first kappa shape index (κ1) is 22.5. The molecular formula is C22H27ClN4O2S. The number of aromatic nitrogens is 2. The molecule has 3 aromatic rings. The molecule has 2 heterocycles. The van der Waals surface area contributed by atoms with E-state index >= 15 is 0 Å². The van der Waals surface area contributed by atoms with E-state index in [-0.39, 0.29) is 17.5 Å². The van der Waals surface area contributed by atoms with Gasteiger partial charge in [-0.3, -0.25) is 14.2 Å². The Hall–Kier alpha value is -2.22. The van der Waals surface area contributed by atoms with Crippen LogP contribution in [0.25, 0.3) is 10.9 Å². The van der Waals surface area contributed by atoms with E-state index in [0.717, 1.165) is 25.7 Å². The van der Waals surface area contributed by atoms with Crippen molar-refractivity contribution in [3.05, 3.63) is 61.8 Å². The number of benzene rings is 1. The molecule has 3 rings (SSSR count). The molecule has 0 spiro atoms. The Morgan fingerprint density at radius 1 is 1.27 bits per heavy atom. The molecule has 0 saturated carbocycles. The van der Waals surface area contributed by atoms with Gasteiger partial charge in [0, 0.05) is 18.6 Å². The van der Waals surface area contributed by atoms with Crippen LogP contribution in [-0.4, -0.2) is 33.4 Å². The Kier molecular flexibility index (Phi) is 7.64. The van der Waals surface area contributed by atoms with E-state index in [0.29, 0.717) is 39.7 Å². The topological polar surface area (TPSA) is 81.2 Å². The smallest absolute Gasteiger partial charge is 0.264 e. The molecule has 1 atom stereocenters. The lowest BCUT2D eigenvalue weighted by Gasteiger charge is -2.29. The number of hydrogen-bond acceptors (Lipinski definition) is 5. The summed E-state index contributed by atoms with van der Waals surface area (Å²) < 4.78 is 1.53. The lowest BCUT2D eigenvalue weighted by atomic mass is 10.1. The molecule has 0 aliphatic rings. The average molecular weight is 447 g/mol. The minimum Gasteiger partial charge on any atom is -0.330 e. The van der Waals surface area contributed by atoms with Gasteiger partial charge in [-0.05, 0) is 56.0 Å². The maximum Gasteiger partial charge on any atom is 0.264 e. The fraction of sp³-hybridized carbons (Fsp3) is 0.409. The second kappa shape index (κ2) is 10.2. The van der Waals surface area contributed by atoms with Crippen LogP contribution in [-0.2, 0) is 7.05 Å². The molecule has 0 saturated heterocycles. The maximum absolute atomic E-state index is 13.2. The maximum atomic E-state index is 13.2. The van der Waals surface area contributed by atoms with Gasteiger partial charge in [0.2, 0.25) is 0 Å². The fourth-order valence-electron chi connectivity index (χ4n) is 3.57. The van der Waals surface area contributed by atoms with Crippen molar-refractivity contribution in [3.8, 4) is 0 Å². The van der Waals surface area contributed by atoms with Crippen LogP contribution in [0.5, 0.6) is 0 Å². The van der Waals surface area contributed by atoms with Gasteiger partial charge >= 0.3 is 0 Å². The Labute approximate surface area is 185 Å². The summed E-state index contributed by atoms with van der Waals surface area (Å²) in [5, 5.41) is 2.92.